The molecule has 0 heterocycles. The maximum absolute atomic E-state index is 10.8. The summed E-state index contributed by atoms with van der Waals surface area (Å²) in [5.41, 5.74) is 0. The zero-order valence-corrected chi connectivity index (χ0v) is 6.18. The minimum absolute atomic E-state index is 0.00255. The van der Waals surface area contributed by atoms with E-state index in [1.54, 1.807) is 14.1 Å². The fourth-order valence-electron chi connectivity index (χ4n) is 0.444. The van der Waals surface area contributed by atoms with E-state index >= 15 is 0 Å². The van der Waals surface area contributed by atoms with Crippen molar-refractivity contribution in [2.24, 2.45) is 0 Å². The van der Waals surface area contributed by atoms with Crippen LogP contribution in [0.25, 0.3) is 0 Å². The molecule has 57 valence electrons. The molecule has 0 aromatic heterocycles. The van der Waals surface area contributed by atoms with Gasteiger partial charge in [-0.2, -0.15) is 0 Å². The molecule has 0 rings (SSSR count). The Morgan fingerprint density at radius 3 is 2.60 bits per heavy atom. The molecule has 0 atom stereocenters. The maximum atomic E-state index is 10.8. The lowest BCUT2D eigenvalue weighted by Gasteiger charge is -2.08. The third-order valence-corrected chi connectivity index (χ3v) is 1.03. The number of carbonyl (C=O) groups is 1. The maximum Gasteiger partial charge on any atom is 0.309 e. The summed E-state index contributed by atoms with van der Waals surface area (Å²) in [6, 6.07) is 0. The minimum Gasteiger partial charge on any atom is -0.349 e. The number of hydrogen-bond acceptors (Lipinski definition) is 2. The molecule has 0 fully saturated rings. The van der Waals surface area contributed by atoms with Crippen LogP contribution in [0.2, 0.25) is 0 Å². The highest BCUT2D eigenvalue weighted by atomic mass is 16.2. The quantitative estimate of drug-likeness (QED) is 0.410. The van der Waals surface area contributed by atoms with Gasteiger partial charge in [-0.3, -0.25) is 9.59 Å². The normalized spacial score (nSPS) is 8.60. The third-order valence-electron chi connectivity index (χ3n) is 1.03. The van der Waals surface area contributed by atoms with E-state index in [1.165, 1.54) is 11.3 Å². The summed E-state index contributed by atoms with van der Waals surface area (Å²) in [6.07, 6.45) is 1.83. The van der Waals surface area contributed by atoms with Gasteiger partial charge in [0.2, 0.25) is 5.91 Å². The van der Waals surface area contributed by atoms with Gasteiger partial charge in [-0.25, -0.2) is 0 Å². The van der Waals surface area contributed by atoms with Crippen LogP contribution < -0.4 is 5.32 Å². The monoisotopic (exact) mass is 143 g/mol. The van der Waals surface area contributed by atoms with Crippen molar-refractivity contribution in [1.29, 1.82) is 0 Å². The fraction of sp³-hybridized carbons (Fsp3) is 0.667. The second-order valence-corrected chi connectivity index (χ2v) is 2.07. The Kier molecular flexibility index (Phi) is 4.28. The molecule has 0 aliphatic rings. The summed E-state index contributed by atoms with van der Waals surface area (Å²) >= 11 is 0. The summed E-state index contributed by atoms with van der Waals surface area (Å²) in [6.45, 7) is 0.362. The first-order chi connectivity index (χ1) is 4.68. The summed E-state index contributed by atoms with van der Waals surface area (Å²) in [7, 11) is 3.35. The Labute approximate surface area is 60.2 Å². The predicted molar refractivity (Wildman–Crippen MR) is 37.0 cm³/mol. The van der Waals surface area contributed by atoms with Gasteiger partial charge in [-0.15, -0.1) is 0 Å². The van der Waals surface area contributed by atoms with Gasteiger partial charge in [0.15, 0.2) is 0 Å². The van der Waals surface area contributed by atoms with Gasteiger partial charge in [0.25, 0.3) is 0 Å². The van der Waals surface area contributed by atoms with Crippen molar-refractivity contribution in [3.8, 4) is 0 Å². The molecule has 4 heteroatoms. The average molecular weight is 143 g/mol. The van der Waals surface area contributed by atoms with E-state index in [-0.39, 0.29) is 5.91 Å². The highest BCUT2D eigenvalue weighted by Crippen LogP contribution is 1.83. The van der Waals surface area contributed by atoms with E-state index < -0.39 is 0 Å². The molecule has 0 aromatic carbocycles. The van der Waals surface area contributed by atoms with E-state index in [0.29, 0.717) is 13.0 Å². The molecule has 1 N–H and O–H groups in total. The van der Waals surface area contributed by atoms with E-state index in [4.69, 9.17) is 0 Å². The lowest BCUT2D eigenvalue weighted by molar-refractivity contribution is -0.128. The molecule has 0 aliphatic heterocycles. The number of rotatable bonds is 4. The topological polar surface area (TPSA) is 49.4 Å². The van der Waals surface area contributed by atoms with E-state index in [9.17, 15) is 9.59 Å². The van der Waals surface area contributed by atoms with Crippen LogP contribution in [0.3, 0.4) is 0 Å². The van der Waals surface area contributed by atoms with Crippen LogP contribution >= 0.6 is 0 Å². The fourth-order valence-corrected chi connectivity index (χ4v) is 0.444. The second-order valence-electron chi connectivity index (χ2n) is 2.07. The van der Waals surface area contributed by atoms with Crippen LogP contribution in [0.1, 0.15) is 6.42 Å². The van der Waals surface area contributed by atoms with Gasteiger partial charge < -0.3 is 10.2 Å². The third kappa shape index (κ3) is 3.88. The lowest BCUT2D eigenvalue weighted by atomic mass is 10.4. The molecule has 10 heavy (non-hydrogen) atoms. The molecule has 0 saturated heterocycles. The van der Waals surface area contributed by atoms with E-state index in [2.05, 4.69) is 5.32 Å². The molecule has 0 unspecified atom stereocenters. The van der Waals surface area contributed by atoms with Crippen molar-refractivity contribution >= 4 is 12.3 Å². The lowest BCUT2D eigenvalue weighted by Crippen LogP contribution is -2.26. The summed E-state index contributed by atoms with van der Waals surface area (Å²) < 4.78 is 0. The van der Waals surface area contributed by atoms with E-state index in [1.807, 2.05) is 0 Å². The molecule has 0 saturated carbocycles. The Morgan fingerprint density at radius 2 is 2.20 bits per heavy atom. The highest BCUT2D eigenvalue weighted by Gasteiger charge is 2.01. The summed E-state index contributed by atoms with van der Waals surface area (Å²) in [4.78, 5) is 21.8. The van der Waals surface area contributed by atoms with Crippen LogP contribution in [-0.4, -0.2) is 37.9 Å². The van der Waals surface area contributed by atoms with Crippen molar-refractivity contribution in [3.05, 3.63) is 0 Å². The first-order valence-corrected chi connectivity index (χ1v) is 2.98. The van der Waals surface area contributed by atoms with Gasteiger partial charge in [-0.1, -0.05) is 0 Å². The van der Waals surface area contributed by atoms with Crippen LogP contribution in [0.15, 0.2) is 0 Å². The smallest absolute Gasteiger partial charge is 0.309 e. The largest absolute Gasteiger partial charge is 0.349 e. The molecule has 0 aromatic rings. The van der Waals surface area contributed by atoms with Gasteiger partial charge in [-0.05, 0) is 0 Å². The first-order valence-electron chi connectivity index (χ1n) is 2.98. The standard InChI is InChI=1S/C6H11N2O2/c1-8(2)6(10)3-4-7-5-9/h3-4H2,1-2H3,(H,7,9). The molecule has 1 radical (unpaired) electrons. The minimum atomic E-state index is 0.00255. The molecule has 0 bridgehead atoms. The molecule has 0 spiro atoms. The predicted octanol–water partition coefficient (Wildman–Crippen LogP) is -0.878. The summed E-state index contributed by atoms with van der Waals surface area (Å²) in [5.74, 6) is 0.00255. The molecule has 0 aliphatic carbocycles. The average Bonchev–Trinajstić information content (AvgIpc) is 1.88. The zero-order chi connectivity index (χ0) is 7.98. The van der Waals surface area contributed by atoms with Crippen molar-refractivity contribution in [1.82, 2.24) is 10.2 Å². The second kappa shape index (κ2) is 4.78. The van der Waals surface area contributed by atoms with Crippen LogP contribution in [0, 0.1) is 0 Å². The SMILES string of the molecule is CN(C)C(=O)CCN[C]=O. The number of amides is 2. The van der Waals surface area contributed by atoms with Crippen LogP contribution in [-0.2, 0) is 9.59 Å². The Hall–Kier alpha value is -1.06. The van der Waals surface area contributed by atoms with Crippen molar-refractivity contribution in [3.63, 3.8) is 0 Å². The Balaban J connectivity index is 3.30. The number of hydrogen-bond donors (Lipinski definition) is 1. The van der Waals surface area contributed by atoms with Gasteiger partial charge in [0, 0.05) is 27.1 Å². The number of nitrogens with zero attached hydrogens (tertiary/aromatic N) is 1. The van der Waals surface area contributed by atoms with Crippen molar-refractivity contribution in [2.45, 2.75) is 6.42 Å². The molecular formula is C6H11N2O2. The van der Waals surface area contributed by atoms with E-state index in [0.717, 1.165) is 0 Å². The van der Waals surface area contributed by atoms with Crippen LogP contribution in [0.4, 0.5) is 0 Å². The molecule has 4 nitrogen and oxygen atoms in total. The van der Waals surface area contributed by atoms with Crippen molar-refractivity contribution in [2.75, 3.05) is 20.6 Å². The first kappa shape index (κ1) is 8.94. The van der Waals surface area contributed by atoms with Crippen molar-refractivity contribution < 1.29 is 9.59 Å². The number of nitrogens with one attached hydrogen (secondary N) is 1. The molecule has 2 amide bonds. The van der Waals surface area contributed by atoms with Gasteiger partial charge in [0.05, 0.1) is 0 Å². The Bertz CT molecular complexity index is 123. The van der Waals surface area contributed by atoms with Gasteiger partial charge >= 0.3 is 6.41 Å². The molecular weight excluding hydrogens is 132 g/mol. The van der Waals surface area contributed by atoms with Gasteiger partial charge in [0.1, 0.15) is 0 Å². The Morgan fingerprint density at radius 1 is 1.60 bits per heavy atom. The highest BCUT2D eigenvalue weighted by molar-refractivity contribution is 5.75. The summed E-state index contributed by atoms with van der Waals surface area (Å²) in [5, 5.41) is 2.28. The number of carbonyl (C=O) groups excluding carboxylic acids is 2. The zero-order valence-electron chi connectivity index (χ0n) is 6.18. The van der Waals surface area contributed by atoms with Crippen LogP contribution in [0.5, 0.6) is 0 Å².